The van der Waals surface area contributed by atoms with Crippen LogP contribution in [0.4, 0.5) is 4.39 Å². The molecule has 25 heavy (non-hydrogen) atoms. The number of likely N-dealkylation sites (tertiary alicyclic amines) is 1. The van der Waals surface area contributed by atoms with Gasteiger partial charge in [-0.25, -0.2) is 4.39 Å². The second-order valence-electron chi connectivity index (χ2n) is 7.24. The molecule has 0 aliphatic carbocycles. The molecule has 1 aromatic carbocycles. The number of piperidine rings is 1. The summed E-state index contributed by atoms with van der Waals surface area (Å²) in [5.74, 6) is 1.22. The third kappa shape index (κ3) is 5.06. The lowest BCUT2D eigenvalue weighted by Gasteiger charge is -2.37. The zero-order valence-corrected chi connectivity index (χ0v) is 17.2. The summed E-state index contributed by atoms with van der Waals surface area (Å²) in [4.78, 5) is 6.93. The zero-order chi connectivity index (χ0) is 17.0. The zero-order valence-electron chi connectivity index (χ0n) is 14.9. The highest BCUT2D eigenvalue weighted by molar-refractivity contribution is 14.0. The summed E-state index contributed by atoms with van der Waals surface area (Å²) in [6.07, 6.45) is 4.14. The molecular weight excluding hydrogens is 432 g/mol. The Bertz CT molecular complexity index is 565. The van der Waals surface area contributed by atoms with E-state index in [-0.39, 0.29) is 35.2 Å². The first-order chi connectivity index (χ1) is 11.6. The van der Waals surface area contributed by atoms with Crippen LogP contribution in [0.5, 0.6) is 0 Å². The van der Waals surface area contributed by atoms with Gasteiger partial charge in [-0.05, 0) is 49.3 Å². The van der Waals surface area contributed by atoms with Gasteiger partial charge >= 0.3 is 0 Å². The first kappa shape index (κ1) is 20.4. The first-order valence-corrected chi connectivity index (χ1v) is 8.98. The normalized spacial score (nSPS) is 21.7. The second kappa shape index (κ2) is 9.16. The van der Waals surface area contributed by atoms with E-state index >= 15 is 0 Å². The minimum Gasteiger partial charge on any atom is -0.381 e. The molecule has 2 saturated heterocycles. The summed E-state index contributed by atoms with van der Waals surface area (Å²) in [6, 6.07) is 6.83. The van der Waals surface area contributed by atoms with Gasteiger partial charge < -0.3 is 15.4 Å². The molecule has 140 valence electrons. The van der Waals surface area contributed by atoms with E-state index in [1.807, 2.05) is 12.1 Å². The molecule has 0 bridgehead atoms. The summed E-state index contributed by atoms with van der Waals surface area (Å²) >= 11 is 0. The molecule has 6 heteroatoms. The number of rotatable bonds is 3. The van der Waals surface area contributed by atoms with Crippen LogP contribution >= 0.6 is 24.0 Å². The highest BCUT2D eigenvalue weighted by atomic mass is 127. The van der Waals surface area contributed by atoms with Crippen LogP contribution in [0.1, 0.15) is 38.2 Å². The average Bonchev–Trinajstić information content (AvgIpc) is 2.62. The van der Waals surface area contributed by atoms with E-state index in [1.54, 1.807) is 0 Å². The average molecular weight is 461 g/mol. The predicted octanol–water partition coefficient (Wildman–Crippen LogP) is 3.54. The molecule has 3 rings (SSSR count). The van der Waals surface area contributed by atoms with Crippen molar-refractivity contribution in [2.75, 3.05) is 32.8 Å². The monoisotopic (exact) mass is 461 g/mol. The van der Waals surface area contributed by atoms with Crippen molar-refractivity contribution in [2.24, 2.45) is 16.6 Å². The summed E-state index contributed by atoms with van der Waals surface area (Å²) in [5.41, 5.74) is 7.29. The van der Waals surface area contributed by atoms with Crippen LogP contribution in [0.3, 0.4) is 0 Å². The van der Waals surface area contributed by atoms with Gasteiger partial charge in [0.2, 0.25) is 0 Å². The molecule has 0 saturated carbocycles. The van der Waals surface area contributed by atoms with Gasteiger partial charge in [0.25, 0.3) is 0 Å². The topological polar surface area (TPSA) is 50.8 Å². The smallest absolute Gasteiger partial charge is 0.191 e. The number of aliphatic imine (C=N–C) groups is 1. The Hall–Kier alpha value is -0.890. The molecule has 0 amide bonds. The molecule has 1 aromatic rings. The summed E-state index contributed by atoms with van der Waals surface area (Å²) < 4.78 is 18.8. The van der Waals surface area contributed by atoms with Gasteiger partial charge in [-0.1, -0.05) is 19.1 Å². The Morgan fingerprint density at radius 1 is 1.24 bits per heavy atom. The molecule has 2 heterocycles. The number of nitrogens with zero attached hydrogens (tertiary/aromatic N) is 2. The van der Waals surface area contributed by atoms with Gasteiger partial charge in [-0.15, -0.1) is 24.0 Å². The van der Waals surface area contributed by atoms with Crippen LogP contribution in [0.15, 0.2) is 29.3 Å². The molecule has 0 atom stereocenters. The van der Waals surface area contributed by atoms with Crippen molar-refractivity contribution in [2.45, 2.75) is 38.0 Å². The van der Waals surface area contributed by atoms with Gasteiger partial charge in [0.05, 0.1) is 6.54 Å². The maximum absolute atomic E-state index is 13.3. The van der Waals surface area contributed by atoms with Crippen LogP contribution in [-0.4, -0.2) is 43.7 Å². The fourth-order valence-corrected chi connectivity index (χ4v) is 3.67. The summed E-state index contributed by atoms with van der Waals surface area (Å²) in [5, 5.41) is 0. The molecule has 0 unspecified atom stereocenters. The Labute approximate surface area is 167 Å². The lowest BCUT2D eigenvalue weighted by molar-refractivity contribution is 0.0530. The maximum atomic E-state index is 13.3. The van der Waals surface area contributed by atoms with Gasteiger partial charge in [0.15, 0.2) is 5.96 Å². The van der Waals surface area contributed by atoms with Crippen molar-refractivity contribution in [3.8, 4) is 0 Å². The molecule has 0 radical (unpaired) electrons. The minimum absolute atomic E-state index is 0. The predicted molar refractivity (Wildman–Crippen MR) is 110 cm³/mol. The molecule has 2 aliphatic heterocycles. The molecule has 0 spiro atoms. The molecule has 2 fully saturated rings. The van der Waals surface area contributed by atoms with Crippen molar-refractivity contribution >= 4 is 29.9 Å². The molecule has 2 aliphatic rings. The Morgan fingerprint density at radius 2 is 1.84 bits per heavy atom. The number of benzene rings is 1. The molecule has 2 N–H and O–H groups in total. The van der Waals surface area contributed by atoms with Crippen LogP contribution < -0.4 is 5.73 Å². The van der Waals surface area contributed by atoms with Crippen molar-refractivity contribution in [3.63, 3.8) is 0 Å². The quantitative estimate of drug-likeness (QED) is 0.426. The van der Waals surface area contributed by atoms with E-state index in [2.05, 4.69) is 11.8 Å². The highest BCUT2D eigenvalue weighted by Crippen LogP contribution is 2.35. The largest absolute Gasteiger partial charge is 0.381 e. The molecular formula is C19H29FIN3O. The third-order valence-corrected chi connectivity index (χ3v) is 5.56. The van der Waals surface area contributed by atoms with Crippen LogP contribution in [0, 0.1) is 11.7 Å². The van der Waals surface area contributed by atoms with Crippen LogP contribution in [-0.2, 0) is 10.2 Å². The van der Waals surface area contributed by atoms with E-state index in [4.69, 9.17) is 15.5 Å². The van der Waals surface area contributed by atoms with Crippen LogP contribution in [0.2, 0.25) is 0 Å². The van der Waals surface area contributed by atoms with E-state index in [1.165, 1.54) is 25.0 Å². The van der Waals surface area contributed by atoms with Gasteiger partial charge in [-0.2, -0.15) is 0 Å². The number of guanidine groups is 1. The lowest BCUT2D eigenvalue weighted by atomic mass is 9.74. The second-order valence-corrected chi connectivity index (χ2v) is 7.24. The Kier molecular flexibility index (Phi) is 7.49. The van der Waals surface area contributed by atoms with Crippen molar-refractivity contribution in [1.29, 1.82) is 0 Å². The van der Waals surface area contributed by atoms with Gasteiger partial charge in [0.1, 0.15) is 5.82 Å². The number of hydrogen-bond acceptors (Lipinski definition) is 2. The Balaban J connectivity index is 0.00000225. The highest BCUT2D eigenvalue weighted by Gasteiger charge is 2.34. The summed E-state index contributed by atoms with van der Waals surface area (Å²) in [7, 11) is 0. The van der Waals surface area contributed by atoms with Crippen LogP contribution in [0.25, 0.3) is 0 Å². The first-order valence-electron chi connectivity index (χ1n) is 8.98. The number of halogens is 2. The van der Waals surface area contributed by atoms with Gasteiger partial charge in [-0.3, -0.25) is 4.99 Å². The fourth-order valence-electron chi connectivity index (χ4n) is 3.67. The van der Waals surface area contributed by atoms with E-state index in [9.17, 15) is 4.39 Å². The Morgan fingerprint density at radius 3 is 2.44 bits per heavy atom. The van der Waals surface area contributed by atoms with E-state index in [0.717, 1.165) is 37.4 Å². The number of ether oxygens (including phenoxy) is 1. The fraction of sp³-hybridized carbons (Fsp3) is 0.632. The molecule has 4 nitrogen and oxygen atoms in total. The minimum atomic E-state index is -0.202. The maximum Gasteiger partial charge on any atom is 0.191 e. The third-order valence-electron chi connectivity index (χ3n) is 5.56. The lowest BCUT2D eigenvalue weighted by Crippen LogP contribution is -2.44. The van der Waals surface area contributed by atoms with E-state index < -0.39 is 0 Å². The number of nitrogens with two attached hydrogens (primary N) is 1. The van der Waals surface area contributed by atoms with Crippen molar-refractivity contribution < 1.29 is 9.13 Å². The SMILES string of the molecule is CC1CCN(C(N)=NCC2(c3ccc(F)cc3)CCOCC2)CC1.I. The number of hydrogen-bond donors (Lipinski definition) is 1. The van der Waals surface area contributed by atoms with E-state index in [0.29, 0.717) is 25.7 Å². The molecule has 0 aromatic heterocycles. The summed E-state index contributed by atoms with van der Waals surface area (Å²) in [6.45, 7) is 6.34. The standard InChI is InChI=1S/C19H28FN3O.HI/c1-15-6-10-23(11-7-15)18(21)22-14-19(8-12-24-13-9-19)16-2-4-17(20)5-3-16;/h2-5,15H,6-14H2,1H3,(H2,21,22);1H. The van der Waals surface area contributed by atoms with Gasteiger partial charge in [0, 0.05) is 31.7 Å². The van der Waals surface area contributed by atoms with Crippen molar-refractivity contribution in [1.82, 2.24) is 4.90 Å². The van der Waals surface area contributed by atoms with Crippen molar-refractivity contribution in [3.05, 3.63) is 35.6 Å².